The number of aryl methyl sites for hydroxylation is 3. The molecule has 6 nitrogen and oxygen atoms in total. The maximum absolute atomic E-state index is 13.3. The van der Waals surface area contributed by atoms with Gasteiger partial charge in [0, 0.05) is 49.4 Å². The summed E-state index contributed by atoms with van der Waals surface area (Å²) in [6.45, 7) is 12.0. The molecule has 1 aliphatic heterocycles. The highest BCUT2D eigenvalue weighted by molar-refractivity contribution is 5.94. The number of carbonyl (C=O) groups is 1. The van der Waals surface area contributed by atoms with Crippen LogP contribution in [0, 0.1) is 20.8 Å². The van der Waals surface area contributed by atoms with Crippen molar-refractivity contribution < 1.29 is 9.53 Å². The summed E-state index contributed by atoms with van der Waals surface area (Å²) in [6, 6.07) is 16.2. The molecule has 3 aromatic rings. The van der Waals surface area contributed by atoms with Gasteiger partial charge in [0.2, 0.25) is 0 Å². The number of nitrogens with zero attached hydrogens (tertiary/aromatic N) is 4. The van der Waals surface area contributed by atoms with Crippen molar-refractivity contribution in [2.45, 2.75) is 53.4 Å². The fourth-order valence-corrected chi connectivity index (χ4v) is 4.64. The van der Waals surface area contributed by atoms with Crippen LogP contribution in [-0.2, 0) is 6.42 Å². The van der Waals surface area contributed by atoms with Gasteiger partial charge < -0.3 is 14.5 Å². The second kappa shape index (κ2) is 12.0. The lowest BCUT2D eigenvalue weighted by atomic mass is 10.0. The maximum Gasteiger partial charge on any atom is 0.253 e. The molecule has 0 radical (unpaired) electrons. The zero-order chi connectivity index (χ0) is 25.5. The third kappa shape index (κ3) is 6.42. The van der Waals surface area contributed by atoms with Gasteiger partial charge in [0.05, 0.1) is 6.61 Å². The first kappa shape index (κ1) is 25.7. The van der Waals surface area contributed by atoms with Crippen molar-refractivity contribution in [1.29, 1.82) is 0 Å². The molecule has 36 heavy (non-hydrogen) atoms. The second-order valence-electron chi connectivity index (χ2n) is 9.68. The lowest BCUT2D eigenvalue weighted by Crippen LogP contribution is -2.35. The van der Waals surface area contributed by atoms with E-state index in [2.05, 4.69) is 54.9 Å². The highest BCUT2D eigenvalue weighted by Crippen LogP contribution is 2.26. The number of hydrogen-bond donors (Lipinski definition) is 0. The minimum Gasteiger partial charge on any atom is -0.494 e. The molecule has 6 heteroatoms. The van der Waals surface area contributed by atoms with Crippen molar-refractivity contribution in [3.63, 3.8) is 0 Å². The van der Waals surface area contributed by atoms with E-state index < -0.39 is 0 Å². The van der Waals surface area contributed by atoms with E-state index in [9.17, 15) is 4.79 Å². The van der Waals surface area contributed by atoms with Gasteiger partial charge >= 0.3 is 0 Å². The Hall–Kier alpha value is -3.41. The molecule has 4 rings (SSSR count). The van der Waals surface area contributed by atoms with Crippen LogP contribution in [0.15, 0.2) is 48.5 Å². The number of rotatable bonds is 8. The Morgan fingerprint density at radius 2 is 1.67 bits per heavy atom. The Kier molecular flexibility index (Phi) is 8.57. The van der Waals surface area contributed by atoms with Crippen molar-refractivity contribution in [1.82, 2.24) is 14.9 Å². The standard InChI is InChI=1S/C30H38N4O2/c1-5-6-20-36-27-14-12-26(13-15-27)30(35)34-17-7-16-33(18-19-34)29-28(23(3)31-24(4)32-29)21-25-10-8-22(2)9-11-25/h8-15H,5-7,16-21H2,1-4H3. The number of benzene rings is 2. The summed E-state index contributed by atoms with van der Waals surface area (Å²) in [5.74, 6) is 2.68. The molecule has 0 N–H and O–H groups in total. The summed E-state index contributed by atoms with van der Waals surface area (Å²) in [6.07, 6.45) is 3.83. The molecular formula is C30H38N4O2. The molecule has 2 heterocycles. The van der Waals surface area contributed by atoms with Crippen molar-refractivity contribution >= 4 is 11.7 Å². The van der Waals surface area contributed by atoms with E-state index >= 15 is 0 Å². The lowest BCUT2D eigenvalue weighted by molar-refractivity contribution is 0.0767. The van der Waals surface area contributed by atoms with Crippen LogP contribution in [0.25, 0.3) is 0 Å². The average molecular weight is 487 g/mol. The van der Waals surface area contributed by atoms with Crippen LogP contribution >= 0.6 is 0 Å². The van der Waals surface area contributed by atoms with Gasteiger partial charge in [0.25, 0.3) is 5.91 Å². The topological polar surface area (TPSA) is 58.6 Å². The largest absolute Gasteiger partial charge is 0.494 e. The normalized spacial score (nSPS) is 14.0. The molecule has 0 spiro atoms. The fourth-order valence-electron chi connectivity index (χ4n) is 4.64. The molecule has 0 unspecified atom stereocenters. The predicted octanol–water partition coefficient (Wildman–Crippen LogP) is 5.52. The number of hydrogen-bond acceptors (Lipinski definition) is 5. The van der Waals surface area contributed by atoms with Crippen molar-refractivity contribution in [2.24, 2.45) is 0 Å². The lowest BCUT2D eigenvalue weighted by Gasteiger charge is -2.26. The molecule has 0 saturated carbocycles. The van der Waals surface area contributed by atoms with Gasteiger partial charge in [-0.15, -0.1) is 0 Å². The van der Waals surface area contributed by atoms with E-state index in [1.165, 1.54) is 16.7 Å². The number of anilines is 1. The van der Waals surface area contributed by atoms with Crippen molar-refractivity contribution in [3.05, 3.63) is 82.3 Å². The van der Waals surface area contributed by atoms with Crippen molar-refractivity contribution in [3.8, 4) is 5.75 Å². The van der Waals surface area contributed by atoms with E-state index in [0.717, 1.165) is 68.4 Å². The molecule has 1 fully saturated rings. The molecule has 1 aliphatic rings. The number of unbranched alkanes of at least 4 members (excludes halogenated alkanes) is 1. The third-order valence-corrected chi connectivity index (χ3v) is 6.76. The zero-order valence-corrected chi connectivity index (χ0v) is 22.1. The number of ether oxygens (including phenoxy) is 1. The SMILES string of the molecule is CCCCOc1ccc(C(=O)N2CCCN(c3nc(C)nc(C)c3Cc3ccc(C)cc3)CC2)cc1. The van der Waals surface area contributed by atoms with Crippen LogP contribution in [0.2, 0.25) is 0 Å². The second-order valence-corrected chi connectivity index (χ2v) is 9.68. The smallest absolute Gasteiger partial charge is 0.253 e. The van der Waals surface area contributed by atoms with E-state index in [1.807, 2.05) is 36.1 Å². The molecule has 0 bridgehead atoms. The van der Waals surface area contributed by atoms with Gasteiger partial charge in [-0.1, -0.05) is 43.2 Å². The quantitative estimate of drug-likeness (QED) is 0.392. The first-order valence-electron chi connectivity index (χ1n) is 13.1. The van der Waals surface area contributed by atoms with Crippen molar-refractivity contribution in [2.75, 3.05) is 37.7 Å². The van der Waals surface area contributed by atoms with E-state index in [0.29, 0.717) is 18.7 Å². The highest BCUT2D eigenvalue weighted by Gasteiger charge is 2.24. The molecule has 0 aliphatic carbocycles. The maximum atomic E-state index is 13.3. The molecule has 1 saturated heterocycles. The van der Waals surface area contributed by atoms with Gasteiger partial charge in [-0.3, -0.25) is 4.79 Å². The Bertz CT molecular complexity index is 1160. The average Bonchev–Trinajstić information content (AvgIpc) is 3.13. The summed E-state index contributed by atoms with van der Waals surface area (Å²) in [5, 5.41) is 0. The van der Waals surface area contributed by atoms with Gasteiger partial charge in [-0.2, -0.15) is 0 Å². The molecular weight excluding hydrogens is 448 g/mol. The van der Waals surface area contributed by atoms with E-state index in [-0.39, 0.29) is 5.91 Å². The van der Waals surface area contributed by atoms with Crippen LogP contribution in [-0.4, -0.2) is 53.6 Å². The summed E-state index contributed by atoms with van der Waals surface area (Å²) >= 11 is 0. The summed E-state index contributed by atoms with van der Waals surface area (Å²) in [5.41, 5.74) is 5.41. The monoisotopic (exact) mass is 486 g/mol. The van der Waals surface area contributed by atoms with E-state index in [4.69, 9.17) is 9.72 Å². The van der Waals surface area contributed by atoms with Crippen LogP contribution in [0.3, 0.4) is 0 Å². The Morgan fingerprint density at radius 3 is 2.39 bits per heavy atom. The molecule has 2 aromatic carbocycles. The Labute approximate surface area is 215 Å². The van der Waals surface area contributed by atoms with Crippen LogP contribution in [0.1, 0.15) is 64.8 Å². The van der Waals surface area contributed by atoms with Crippen LogP contribution in [0.4, 0.5) is 5.82 Å². The fraction of sp³-hybridized carbons (Fsp3) is 0.433. The zero-order valence-electron chi connectivity index (χ0n) is 22.1. The first-order valence-corrected chi connectivity index (χ1v) is 13.1. The first-order chi connectivity index (χ1) is 17.4. The van der Waals surface area contributed by atoms with Crippen LogP contribution in [0.5, 0.6) is 5.75 Å². The summed E-state index contributed by atoms with van der Waals surface area (Å²) in [7, 11) is 0. The Morgan fingerprint density at radius 1 is 0.917 bits per heavy atom. The summed E-state index contributed by atoms with van der Waals surface area (Å²) in [4.78, 5) is 27.1. The molecule has 1 aromatic heterocycles. The summed E-state index contributed by atoms with van der Waals surface area (Å²) < 4.78 is 5.74. The van der Waals surface area contributed by atoms with Gasteiger partial charge in [0.1, 0.15) is 17.4 Å². The molecule has 1 amide bonds. The number of amides is 1. The minimum atomic E-state index is 0.0758. The molecule has 0 atom stereocenters. The Balaban J connectivity index is 1.46. The molecule has 190 valence electrons. The minimum absolute atomic E-state index is 0.0758. The number of carbonyl (C=O) groups excluding carboxylic acids is 1. The van der Waals surface area contributed by atoms with Gasteiger partial charge in [-0.05, 0) is 63.4 Å². The van der Waals surface area contributed by atoms with E-state index in [1.54, 1.807) is 0 Å². The number of aromatic nitrogens is 2. The van der Waals surface area contributed by atoms with Gasteiger partial charge in [-0.25, -0.2) is 9.97 Å². The third-order valence-electron chi connectivity index (χ3n) is 6.76. The van der Waals surface area contributed by atoms with Crippen LogP contribution < -0.4 is 9.64 Å². The van der Waals surface area contributed by atoms with Gasteiger partial charge in [0.15, 0.2) is 0 Å². The predicted molar refractivity (Wildman–Crippen MR) is 145 cm³/mol. The highest BCUT2D eigenvalue weighted by atomic mass is 16.5.